The SMILES string of the molecule is Cc1ccn(-c2cc(S(=O)(=O)N(C)C)ccc2N)n1. The molecule has 0 atom stereocenters. The Labute approximate surface area is 112 Å². The van der Waals surface area contributed by atoms with Gasteiger partial charge in [-0.25, -0.2) is 17.4 Å². The van der Waals surface area contributed by atoms with E-state index in [0.717, 1.165) is 10.00 Å². The van der Waals surface area contributed by atoms with Crippen molar-refractivity contribution in [3.05, 3.63) is 36.2 Å². The molecule has 1 aromatic carbocycles. The lowest BCUT2D eigenvalue weighted by Gasteiger charge is -2.13. The van der Waals surface area contributed by atoms with Gasteiger partial charge in [0, 0.05) is 20.3 Å². The molecule has 0 fully saturated rings. The van der Waals surface area contributed by atoms with Crippen molar-refractivity contribution >= 4 is 15.7 Å². The lowest BCUT2D eigenvalue weighted by Crippen LogP contribution is -2.22. The van der Waals surface area contributed by atoms with Crippen LogP contribution in [-0.2, 0) is 10.0 Å². The molecule has 6 nitrogen and oxygen atoms in total. The van der Waals surface area contributed by atoms with Gasteiger partial charge in [-0.1, -0.05) is 0 Å². The largest absolute Gasteiger partial charge is 0.397 e. The Kier molecular flexibility index (Phi) is 3.34. The molecule has 2 N–H and O–H groups in total. The van der Waals surface area contributed by atoms with E-state index in [1.165, 1.54) is 26.2 Å². The van der Waals surface area contributed by atoms with Crippen LogP contribution in [0.15, 0.2) is 35.4 Å². The zero-order valence-electron chi connectivity index (χ0n) is 11.0. The fourth-order valence-corrected chi connectivity index (χ4v) is 2.56. The second kappa shape index (κ2) is 4.67. The first-order valence-corrected chi connectivity index (χ1v) is 7.11. The Morgan fingerprint density at radius 3 is 2.47 bits per heavy atom. The van der Waals surface area contributed by atoms with E-state index in [1.807, 2.05) is 13.0 Å². The number of benzene rings is 1. The van der Waals surface area contributed by atoms with Crippen molar-refractivity contribution in [3.63, 3.8) is 0 Å². The first-order chi connectivity index (χ1) is 8.82. The van der Waals surface area contributed by atoms with Gasteiger partial charge in [0.05, 0.1) is 22.0 Å². The number of aromatic nitrogens is 2. The molecule has 0 aliphatic rings. The standard InChI is InChI=1S/C12H16N4O2S/c1-9-6-7-16(14-9)12-8-10(4-5-11(12)13)19(17,18)15(2)3/h4-8H,13H2,1-3H3. The smallest absolute Gasteiger partial charge is 0.242 e. The number of nitrogens with two attached hydrogens (primary N) is 1. The van der Waals surface area contributed by atoms with E-state index < -0.39 is 10.0 Å². The maximum Gasteiger partial charge on any atom is 0.242 e. The molecule has 0 aliphatic heterocycles. The molecule has 2 aromatic rings. The second-order valence-electron chi connectivity index (χ2n) is 4.41. The summed E-state index contributed by atoms with van der Waals surface area (Å²) in [6, 6.07) is 6.41. The van der Waals surface area contributed by atoms with Crippen molar-refractivity contribution < 1.29 is 8.42 Å². The lowest BCUT2D eigenvalue weighted by atomic mass is 10.3. The Morgan fingerprint density at radius 1 is 1.26 bits per heavy atom. The molecule has 19 heavy (non-hydrogen) atoms. The summed E-state index contributed by atoms with van der Waals surface area (Å²) in [5.74, 6) is 0. The molecule has 0 bridgehead atoms. The molecule has 0 unspecified atom stereocenters. The van der Waals surface area contributed by atoms with E-state index in [4.69, 9.17) is 5.73 Å². The number of nitrogens with zero attached hydrogens (tertiary/aromatic N) is 3. The van der Waals surface area contributed by atoms with Crippen LogP contribution in [0.1, 0.15) is 5.69 Å². The van der Waals surface area contributed by atoms with Crippen LogP contribution in [0.25, 0.3) is 5.69 Å². The van der Waals surface area contributed by atoms with Crippen LogP contribution in [0.4, 0.5) is 5.69 Å². The number of anilines is 1. The van der Waals surface area contributed by atoms with Crippen molar-refractivity contribution in [2.24, 2.45) is 0 Å². The highest BCUT2D eigenvalue weighted by Gasteiger charge is 2.18. The van der Waals surface area contributed by atoms with Crippen molar-refractivity contribution in [1.29, 1.82) is 0 Å². The highest BCUT2D eigenvalue weighted by atomic mass is 32.2. The first-order valence-electron chi connectivity index (χ1n) is 5.67. The van der Waals surface area contributed by atoms with Crippen molar-refractivity contribution in [3.8, 4) is 5.69 Å². The molecular weight excluding hydrogens is 264 g/mol. The van der Waals surface area contributed by atoms with Gasteiger partial charge < -0.3 is 5.73 Å². The van der Waals surface area contributed by atoms with Gasteiger partial charge in [0.25, 0.3) is 0 Å². The van der Waals surface area contributed by atoms with Gasteiger partial charge >= 0.3 is 0 Å². The summed E-state index contributed by atoms with van der Waals surface area (Å²) < 4.78 is 26.9. The van der Waals surface area contributed by atoms with Gasteiger partial charge in [0.2, 0.25) is 10.0 Å². The van der Waals surface area contributed by atoms with E-state index in [0.29, 0.717) is 11.4 Å². The number of hydrogen-bond acceptors (Lipinski definition) is 4. The number of sulfonamides is 1. The summed E-state index contributed by atoms with van der Waals surface area (Å²) in [4.78, 5) is 0.190. The first kappa shape index (κ1) is 13.6. The van der Waals surface area contributed by atoms with Crippen LogP contribution in [0.3, 0.4) is 0 Å². The van der Waals surface area contributed by atoms with Crippen LogP contribution < -0.4 is 5.73 Å². The molecular formula is C12H16N4O2S. The van der Waals surface area contributed by atoms with Gasteiger partial charge in [0.1, 0.15) is 0 Å². The summed E-state index contributed by atoms with van der Waals surface area (Å²) >= 11 is 0. The highest BCUT2D eigenvalue weighted by molar-refractivity contribution is 7.89. The van der Waals surface area contributed by atoms with Crippen LogP contribution in [-0.4, -0.2) is 36.6 Å². The van der Waals surface area contributed by atoms with Crippen molar-refractivity contribution in [2.75, 3.05) is 19.8 Å². The topological polar surface area (TPSA) is 81.2 Å². The molecule has 0 saturated heterocycles. The lowest BCUT2D eigenvalue weighted by molar-refractivity contribution is 0.520. The predicted molar refractivity (Wildman–Crippen MR) is 73.6 cm³/mol. The van der Waals surface area contributed by atoms with Crippen molar-refractivity contribution in [2.45, 2.75) is 11.8 Å². The van der Waals surface area contributed by atoms with E-state index in [2.05, 4.69) is 5.10 Å². The third kappa shape index (κ3) is 2.47. The zero-order valence-corrected chi connectivity index (χ0v) is 11.8. The highest BCUT2D eigenvalue weighted by Crippen LogP contribution is 2.22. The maximum absolute atomic E-state index is 12.1. The zero-order chi connectivity index (χ0) is 14.2. The quantitative estimate of drug-likeness (QED) is 0.851. The third-order valence-corrected chi connectivity index (χ3v) is 4.56. The van der Waals surface area contributed by atoms with E-state index in [1.54, 1.807) is 16.9 Å². The Morgan fingerprint density at radius 2 is 1.95 bits per heavy atom. The minimum Gasteiger partial charge on any atom is -0.397 e. The molecule has 0 aliphatic carbocycles. The van der Waals surface area contributed by atoms with Gasteiger partial charge in [0.15, 0.2) is 0 Å². The average molecular weight is 280 g/mol. The molecule has 0 spiro atoms. The van der Waals surface area contributed by atoms with Crippen LogP contribution in [0.5, 0.6) is 0 Å². The minimum atomic E-state index is -3.48. The molecule has 7 heteroatoms. The number of hydrogen-bond donors (Lipinski definition) is 1. The maximum atomic E-state index is 12.1. The summed E-state index contributed by atoms with van der Waals surface area (Å²) in [5.41, 5.74) is 7.74. The van der Waals surface area contributed by atoms with Crippen LogP contribution in [0, 0.1) is 6.92 Å². The van der Waals surface area contributed by atoms with Crippen LogP contribution in [0.2, 0.25) is 0 Å². The Bertz CT molecular complexity index is 704. The normalized spacial score (nSPS) is 12.0. The Hall–Kier alpha value is -1.86. The minimum absolute atomic E-state index is 0.190. The van der Waals surface area contributed by atoms with Crippen LogP contribution >= 0.6 is 0 Å². The summed E-state index contributed by atoms with van der Waals surface area (Å²) in [6.45, 7) is 1.85. The second-order valence-corrected chi connectivity index (χ2v) is 6.56. The van der Waals surface area contributed by atoms with Gasteiger partial charge in [-0.2, -0.15) is 5.10 Å². The van der Waals surface area contributed by atoms with Gasteiger partial charge in [-0.05, 0) is 31.2 Å². The monoisotopic (exact) mass is 280 g/mol. The summed E-state index contributed by atoms with van der Waals surface area (Å²) in [5, 5.41) is 4.24. The number of nitrogen functional groups attached to an aromatic ring is 1. The van der Waals surface area contributed by atoms with Gasteiger partial charge in [-0.3, -0.25) is 0 Å². The molecule has 1 heterocycles. The Balaban J connectivity index is 2.59. The van der Waals surface area contributed by atoms with Gasteiger partial charge in [-0.15, -0.1) is 0 Å². The predicted octanol–water partition coefficient (Wildman–Crippen LogP) is 1.01. The fraction of sp³-hybridized carbons (Fsp3) is 0.250. The third-order valence-electron chi connectivity index (χ3n) is 2.75. The number of aryl methyl sites for hydroxylation is 1. The number of rotatable bonds is 3. The van der Waals surface area contributed by atoms with Crippen molar-refractivity contribution in [1.82, 2.24) is 14.1 Å². The van der Waals surface area contributed by atoms with E-state index >= 15 is 0 Å². The van der Waals surface area contributed by atoms with E-state index in [9.17, 15) is 8.42 Å². The summed E-state index contributed by atoms with van der Waals surface area (Å²) in [6.07, 6.45) is 1.74. The fourth-order valence-electron chi connectivity index (χ4n) is 1.64. The molecule has 0 radical (unpaired) electrons. The molecule has 0 saturated carbocycles. The molecule has 102 valence electrons. The summed E-state index contributed by atoms with van der Waals surface area (Å²) in [7, 11) is -0.502. The molecule has 2 rings (SSSR count). The average Bonchev–Trinajstić information content (AvgIpc) is 2.75. The molecule has 1 aromatic heterocycles. The van der Waals surface area contributed by atoms with E-state index in [-0.39, 0.29) is 4.90 Å². The molecule has 0 amide bonds.